The zero-order valence-corrected chi connectivity index (χ0v) is 15.9. The molecule has 146 valence electrons. The number of nitro benzene ring substituents is 1. The van der Waals surface area contributed by atoms with Crippen LogP contribution in [0.1, 0.15) is 42.9 Å². The lowest BCUT2D eigenvalue weighted by atomic mass is 10.0. The van der Waals surface area contributed by atoms with E-state index in [1.165, 1.54) is 18.2 Å². The van der Waals surface area contributed by atoms with E-state index in [0.29, 0.717) is 12.1 Å². The Kier molecular flexibility index (Phi) is 6.42. The maximum absolute atomic E-state index is 12.9. The molecular formula is C22H24N2O4. The minimum atomic E-state index is -0.437. The SMILES string of the molecule is COc1ccc(C2CCCCCN2C(=O)/C=C/c2cccc([N+](=O)[O-])c2)cc1. The van der Waals surface area contributed by atoms with Crippen LogP contribution >= 0.6 is 0 Å². The smallest absolute Gasteiger partial charge is 0.270 e. The second kappa shape index (κ2) is 9.17. The van der Waals surface area contributed by atoms with Gasteiger partial charge >= 0.3 is 0 Å². The summed E-state index contributed by atoms with van der Waals surface area (Å²) in [7, 11) is 1.63. The second-order valence-corrected chi connectivity index (χ2v) is 6.86. The number of likely N-dealkylation sites (tertiary alicyclic amines) is 1. The third kappa shape index (κ3) is 4.76. The van der Waals surface area contributed by atoms with Gasteiger partial charge in [-0.3, -0.25) is 14.9 Å². The maximum atomic E-state index is 12.9. The lowest BCUT2D eigenvalue weighted by molar-refractivity contribution is -0.384. The van der Waals surface area contributed by atoms with Crippen molar-refractivity contribution in [3.63, 3.8) is 0 Å². The molecule has 1 unspecified atom stereocenters. The van der Waals surface area contributed by atoms with Crippen molar-refractivity contribution >= 4 is 17.7 Å². The lowest BCUT2D eigenvalue weighted by Gasteiger charge is -2.29. The zero-order chi connectivity index (χ0) is 19.9. The summed E-state index contributed by atoms with van der Waals surface area (Å²) in [6.45, 7) is 0.703. The summed E-state index contributed by atoms with van der Waals surface area (Å²) in [5.41, 5.74) is 1.75. The number of non-ortho nitro benzene ring substituents is 1. The first kappa shape index (κ1) is 19.6. The van der Waals surface area contributed by atoms with Crippen LogP contribution in [0.3, 0.4) is 0 Å². The second-order valence-electron chi connectivity index (χ2n) is 6.86. The molecule has 0 radical (unpaired) electrons. The minimum Gasteiger partial charge on any atom is -0.497 e. The maximum Gasteiger partial charge on any atom is 0.270 e. The Hall–Kier alpha value is -3.15. The first-order valence-electron chi connectivity index (χ1n) is 9.45. The highest BCUT2D eigenvalue weighted by Crippen LogP contribution is 2.31. The number of nitrogens with zero attached hydrogens (tertiary/aromatic N) is 2. The molecule has 0 bridgehead atoms. The number of hydrogen-bond acceptors (Lipinski definition) is 4. The van der Waals surface area contributed by atoms with Crippen LogP contribution in [0, 0.1) is 10.1 Å². The Labute approximate surface area is 164 Å². The van der Waals surface area contributed by atoms with Crippen LogP contribution in [0.25, 0.3) is 6.08 Å². The van der Waals surface area contributed by atoms with Crippen molar-refractivity contribution in [2.75, 3.05) is 13.7 Å². The number of rotatable bonds is 5. The highest BCUT2D eigenvalue weighted by molar-refractivity contribution is 5.92. The van der Waals surface area contributed by atoms with Crippen molar-refractivity contribution in [1.29, 1.82) is 0 Å². The summed E-state index contributed by atoms with van der Waals surface area (Å²) in [4.78, 5) is 25.3. The molecule has 1 aliphatic heterocycles. The molecule has 0 spiro atoms. The third-order valence-electron chi connectivity index (χ3n) is 5.04. The van der Waals surface area contributed by atoms with E-state index < -0.39 is 4.92 Å². The molecule has 28 heavy (non-hydrogen) atoms. The van der Waals surface area contributed by atoms with E-state index in [4.69, 9.17) is 4.74 Å². The topological polar surface area (TPSA) is 72.7 Å². The van der Waals surface area contributed by atoms with E-state index in [2.05, 4.69) is 0 Å². The molecule has 1 heterocycles. The third-order valence-corrected chi connectivity index (χ3v) is 5.04. The summed E-state index contributed by atoms with van der Waals surface area (Å²) in [5.74, 6) is 0.718. The number of methoxy groups -OCH3 is 1. The van der Waals surface area contributed by atoms with Crippen molar-refractivity contribution in [3.05, 3.63) is 75.8 Å². The largest absolute Gasteiger partial charge is 0.497 e. The van der Waals surface area contributed by atoms with Crippen molar-refractivity contribution in [2.24, 2.45) is 0 Å². The molecule has 0 aliphatic carbocycles. The van der Waals surface area contributed by atoms with E-state index in [-0.39, 0.29) is 17.6 Å². The minimum absolute atomic E-state index is 0.0143. The van der Waals surface area contributed by atoms with E-state index in [1.54, 1.807) is 25.3 Å². The Balaban J connectivity index is 1.80. The molecule has 2 aromatic rings. The van der Waals surface area contributed by atoms with E-state index in [9.17, 15) is 14.9 Å². The van der Waals surface area contributed by atoms with Gasteiger partial charge in [-0.05, 0) is 42.2 Å². The number of nitro groups is 1. The average molecular weight is 380 g/mol. The van der Waals surface area contributed by atoms with Gasteiger partial charge in [-0.25, -0.2) is 0 Å². The van der Waals surface area contributed by atoms with E-state index >= 15 is 0 Å². The number of amides is 1. The monoisotopic (exact) mass is 380 g/mol. The van der Waals surface area contributed by atoms with Crippen LogP contribution in [0.15, 0.2) is 54.6 Å². The van der Waals surface area contributed by atoms with Crippen molar-refractivity contribution in [3.8, 4) is 5.75 Å². The van der Waals surface area contributed by atoms with Gasteiger partial charge in [-0.2, -0.15) is 0 Å². The fraction of sp³-hybridized carbons (Fsp3) is 0.318. The fourth-order valence-corrected chi connectivity index (χ4v) is 3.55. The molecule has 1 fully saturated rings. The number of benzene rings is 2. The van der Waals surface area contributed by atoms with Crippen LogP contribution in [-0.4, -0.2) is 29.4 Å². The predicted molar refractivity (Wildman–Crippen MR) is 108 cm³/mol. The molecule has 2 aromatic carbocycles. The van der Waals surface area contributed by atoms with Gasteiger partial charge in [0.15, 0.2) is 0 Å². The van der Waals surface area contributed by atoms with Gasteiger partial charge in [0.05, 0.1) is 18.1 Å². The van der Waals surface area contributed by atoms with Crippen molar-refractivity contribution in [1.82, 2.24) is 4.90 Å². The van der Waals surface area contributed by atoms with Crippen molar-refractivity contribution in [2.45, 2.75) is 31.7 Å². The molecule has 6 nitrogen and oxygen atoms in total. The Morgan fingerprint density at radius 3 is 2.68 bits per heavy atom. The van der Waals surface area contributed by atoms with Gasteiger partial charge in [0.1, 0.15) is 5.75 Å². The van der Waals surface area contributed by atoms with Crippen LogP contribution in [-0.2, 0) is 4.79 Å². The van der Waals surface area contributed by atoms with E-state index in [1.807, 2.05) is 29.2 Å². The fourth-order valence-electron chi connectivity index (χ4n) is 3.55. The van der Waals surface area contributed by atoms with Crippen LogP contribution in [0.2, 0.25) is 0 Å². The Bertz CT molecular complexity index is 861. The lowest BCUT2D eigenvalue weighted by Crippen LogP contribution is -2.33. The molecule has 1 saturated heterocycles. The standard InChI is InChI=1S/C22H24N2O4/c1-28-20-12-10-18(11-13-20)21-8-3-2-4-15-23(21)22(25)14-9-17-6-5-7-19(16-17)24(26)27/h5-7,9-14,16,21H,2-4,8,15H2,1H3/b14-9+. The summed E-state index contributed by atoms with van der Waals surface area (Å²) in [6, 6.07) is 14.2. The van der Waals surface area contributed by atoms with Crippen molar-refractivity contribution < 1.29 is 14.5 Å². The molecule has 3 rings (SSSR count). The number of ether oxygens (including phenoxy) is 1. The van der Waals surface area contributed by atoms with Gasteiger partial charge in [0, 0.05) is 24.8 Å². The summed E-state index contributed by atoms with van der Waals surface area (Å²) in [6.07, 6.45) is 7.23. The summed E-state index contributed by atoms with van der Waals surface area (Å²) >= 11 is 0. The molecule has 1 amide bonds. The summed E-state index contributed by atoms with van der Waals surface area (Å²) in [5, 5.41) is 10.9. The Morgan fingerprint density at radius 2 is 1.96 bits per heavy atom. The van der Waals surface area contributed by atoms with Crippen LogP contribution in [0.5, 0.6) is 5.75 Å². The molecule has 0 saturated carbocycles. The first-order valence-corrected chi connectivity index (χ1v) is 9.45. The summed E-state index contributed by atoms with van der Waals surface area (Å²) < 4.78 is 5.23. The average Bonchev–Trinajstić information content (AvgIpc) is 2.98. The first-order chi connectivity index (χ1) is 13.6. The number of carbonyl (C=O) groups is 1. The van der Waals surface area contributed by atoms with Gasteiger partial charge in [0.2, 0.25) is 5.91 Å². The molecule has 0 N–H and O–H groups in total. The molecule has 1 atom stereocenters. The molecule has 0 aromatic heterocycles. The molecule has 1 aliphatic rings. The van der Waals surface area contributed by atoms with Gasteiger partial charge < -0.3 is 9.64 Å². The van der Waals surface area contributed by atoms with Crippen LogP contribution < -0.4 is 4.74 Å². The highest BCUT2D eigenvalue weighted by atomic mass is 16.6. The highest BCUT2D eigenvalue weighted by Gasteiger charge is 2.25. The zero-order valence-electron chi connectivity index (χ0n) is 15.9. The van der Waals surface area contributed by atoms with Gasteiger partial charge in [-0.1, -0.05) is 37.1 Å². The van der Waals surface area contributed by atoms with Gasteiger partial charge in [-0.15, -0.1) is 0 Å². The predicted octanol–water partition coefficient (Wildman–Crippen LogP) is 4.76. The molecular weight excluding hydrogens is 356 g/mol. The van der Waals surface area contributed by atoms with Crippen LogP contribution in [0.4, 0.5) is 5.69 Å². The van der Waals surface area contributed by atoms with Gasteiger partial charge in [0.25, 0.3) is 5.69 Å². The van der Waals surface area contributed by atoms with E-state index in [0.717, 1.165) is 37.0 Å². The normalized spacial score (nSPS) is 17.3. The number of carbonyl (C=O) groups excluding carboxylic acids is 1. The number of hydrogen-bond donors (Lipinski definition) is 0. The molecule has 6 heteroatoms. The quantitative estimate of drug-likeness (QED) is 0.426. The Morgan fingerprint density at radius 1 is 1.18 bits per heavy atom.